The summed E-state index contributed by atoms with van der Waals surface area (Å²) in [5.74, 6) is 4.69. The summed E-state index contributed by atoms with van der Waals surface area (Å²) in [6, 6.07) is 9.52. The summed E-state index contributed by atoms with van der Waals surface area (Å²) in [7, 11) is 0. The van der Waals surface area contributed by atoms with Crippen LogP contribution in [0, 0.1) is 24.6 Å². The van der Waals surface area contributed by atoms with E-state index >= 15 is 0 Å². The zero-order chi connectivity index (χ0) is 14.5. The zero-order valence-corrected chi connectivity index (χ0v) is 11.1. The molecule has 0 saturated carbocycles. The summed E-state index contributed by atoms with van der Waals surface area (Å²) >= 11 is 0. The van der Waals surface area contributed by atoms with Crippen molar-refractivity contribution in [3.8, 4) is 11.8 Å². The maximum atomic E-state index is 14.0. The second kappa shape index (κ2) is 6.18. The summed E-state index contributed by atoms with van der Waals surface area (Å²) < 4.78 is 15.5. The van der Waals surface area contributed by atoms with Gasteiger partial charge in [-0.2, -0.15) is 0 Å². The number of aliphatic hydroxyl groups is 1. The van der Waals surface area contributed by atoms with Crippen molar-refractivity contribution in [2.45, 2.75) is 13.5 Å². The third-order valence-corrected chi connectivity index (χ3v) is 2.96. The average Bonchev–Trinajstić information content (AvgIpc) is 2.42. The molecule has 0 aliphatic carbocycles. The van der Waals surface area contributed by atoms with Crippen LogP contribution in [0.2, 0.25) is 0 Å². The summed E-state index contributed by atoms with van der Waals surface area (Å²) in [4.78, 5) is 11.8. The first-order valence-corrected chi connectivity index (χ1v) is 6.16. The maximum Gasteiger partial charge on any atom is 0.251 e. The van der Waals surface area contributed by atoms with Crippen molar-refractivity contribution in [3.63, 3.8) is 0 Å². The van der Waals surface area contributed by atoms with Gasteiger partial charge in [0.25, 0.3) is 5.56 Å². The van der Waals surface area contributed by atoms with Crippen molar-refractivity contribution < 1.29 is 9.50 Å². The molecule has 1 N–H and O–H groups in total. The lowest BCUT2D eigenvalue weighted by atomic mass is 10.1. The smallest absolute Gasteiger partial charge is 0.251 e. The van der Waals surface area contributed by atoms with Gasteiger partial charge >= 0.3 is 0 Å². The lowest BCUT2D eigenvalue weighted by Crippen LogP contribution is -2.21. The number of aliphatic hydroxyl groups excluding tert-OH is 1. The SMILES string of the molecule is Cc1cccc(=O)n1Cc1ccc(C#CCO)cc1F. The van der Waals surface area contributed by atoms with E-state index in [0.717, 1.165) is 5.69 Å². The van der Waals surface area contributed by atoms with E-state index in [9.17, 15) is 9.18 Å². The Morgan fingerprint density at radius 1 is 1.30 bits per heavy atom. The minimum Gasteiger partial charge on any atom is -0.384 e. The Kier molecular flexibility index (Phi) is 4.34. The molecule has 0 bridgehead atoms. The predicted octanol–water partition coefficient (Wildman–Crippen LogP) is 1.69. The number of aryl methyl sites for hydroxylation is 1. The van der Waals surface area contributed by atoms with Gasteiger partial charge in [0.05, 0.1) is 6.54 Å². The summed E-state index contributed by atoms with van der Waals surface area (Å²) in [5, 5.41) is 8.60. The summed E-state index contributed by atoms with van der Waals surface area (Å²) in [6.07, 6.45) is 0. The van der Waals surface area contributed by atoms with Gasteiger partial charge in [-0.3, -0.25) is 4.79 Å². The van der Waals surface area contributed by atoms with E-state index in [1.165, 1.54) is 16.7 Å². The number of benzene rings is 1. The van der Waals surface area contributed by atoms with Gasteiger partial charge < -0.3 is 9.67 Å². The van der Waals surface area contributed by atoms with Gasteiger partial charge in [0.1, 0.15) is 12.4 Å². The molecule has 2 aromatic rings. The predicted molar refractivity (Wildman–Crippen MR) is 74.9 cm³/mol. The van der Waals surface area contributed by atoms with E-state index in [1.54, 1.807) is 31.2 Å². The molecule has 1 aromatic heterocycles. The van der Waals surface area contributed by atoms with Crippen LogP contribution < -0.4 is 5.56 Å². The first-order valence-electron chi connectivity index (χ1n) is 6.16. The highest BCUT2D eigenvalue weighted by atomic mass is 19.1. The molecule has 0 spiro atoms. The molecule has 20 heavy (non-hydrogen) atoms. The van der Waals surface area contributed by atoms with E-state index in [2.05, 4.69) is 11.8 Å². The van der Waals surface area contributed by atoms with Crippen LogP contribution in [-0.2, 0) is 6.54 Å². The Morgan fingerprint density at radius 2 is 2.10 bits per heavy atom. The maximum absolute atomic E-state index is 14.0. The standard InChI is InChI=1S/C16H14FNO2/c1-12-4-2-6-16(20)18(12)11-14-8-7-13(5-3-9-19)10-15(14)17/h2,4,6-8,10,19H,9,11H2,1H3. The fourth-order valence-corrected chi connectivity index (χ4v) is 1.89. The van der Waals surface area contributed by atoms with Crippen LogP contribution in [0.3, 0.4) is 0 Å². The molecule has 3 nitrogen and oxygen atoms in total. The summed E-state index contributed by atoms with van der Waals surface area (Å²) in [6.45, 7) is 1.73. The number of halogens is 1. The van der Waals surface area contributed by atoms with Crippen molar-refractivity contribution in [3.05, 3.63) is 69.4 Å². The lowest BCUT2D eigenvalue weighted by molar-refractivity contribution is 0.350. The topological polar surface area (TPSA) is 42.2 Å². The van der Waals surface area contributed by atoms with Crippen LogP contribution in [0.1, 0.15) is 16.8 Å². The lowest BCUT2D eigenvalue weighted by Gasteiger charge is -2.10. The Hall–Kier alpha value is -2.38. The normalized spacial score (nSPS) is 9.95. The molecule has 102 valence electrons. The van der Waals surface area contributed by atoms with Crippen LogP contribution in [-0.4, -0.2) is 16.3 Å². The number of aromatic nitrogens is 1. The molecule has 0 aliphatic heterocycles. The van der Waals surface area contributed by atoms with Crippen LogP contribution in [0.25, 0.3) is 0 Å². The number of pyridine rings is 1. The Labute approximate surface area is 116 Å². The molecule has 1 aromatic carbocycles. The van der Waals surface area contributed by atoms with Crippen LogP contribution in [0.15, 0.2) is 41.2 Å². The number of rotatable bonds is 2. The minimum absolute atomic E-state index is 0.159. The van der Waals surface area contributed by atoms with Gasteiger partial charge in [-0.15, -0.1) is 0 Å². The van der Waals surface area contributed by atoms with Crippen molar-refractivity contribution >= 4 is 0 Å². The molecular formula is C16H14FNO2. The Balaban J connectivity index is 2.33. The molecule has 0 aliphatic rings. The fourth-order valence-electron chi connectivity index (χ4n) is 1.89. The number of hydrogen-bond acceptors (Lipinski definition) is 2. The van der Waals surface area contributed by atoms with Crippen LogP contribution in [0.4, 0.5) is 4.39 Å². The number of hydrogen-bond donors (Lipinski definition) is 1. The first-order chi connectivity index (χ1) is 9.61. The van der Waals surface area contributed by atoms with Gasteiger partial charge in [-0.1, -0.05) is 24.0 Å². The first kappa shape index (κ1) is 14.0. The van der Waals surface area contributed by atoms with Gasteiger partial charge in [0.15, 0.2) is 0 Å². The highest BCUT2D eigenvalue weighted by Crippen LogP contribution is 2.11. The third kappa shape index (κ3) is 3.14. The van der Waals surface area contributed by atoms with E-state index in [4.69, 9.17) is 5.11 Å². The second-order valence-corrected chi connectivity index (χ2v) is 4.36. The molecule has 0 unspecified atom stereocenters. The Morgan fingerprint density at radius 3 is 2.75 bits per heavy atom. The average molecular weight is 271 g/mol. The molecule has 2 rings (SSSR count). The molecule has 0 atom stereocenters. The largest absolute Gasteiger partial charge is 0.384 e. The van der Waals surface area contributed by atoms with E-state index in [1.807, 2.05) is 0 Å². The molecule has 0 saturated heterocycles. The number of nitrogens with zero attached hydrogens (tertiary/aromatic N) is 1. The summed E-state index contributed by atoms with van der Waals surface area (Å²) in [5.41, 5.74) is 1.54. The molecule has 0 fully saturated rings. The fraction of sp³-hybridized carbons (Fsp3) is 0.188. The van der Waals surface area contributed by atoms with Gasteiger partial charge in [0.2, 0.25) is 0 Å². The van der Waals surface area contributed by atoms with E-state index in [-0.39, 0.29) is 18.7 Å². The molecular weight excluding hydrogens is 257 g/mol. The van der Waals surface area contributed by atoms with Crippen molar-refractivity contribution in [1.29, 1.82) is 0 Å². The van der Waals surface area contributed by atoms with Crippen molar-refractivity contribution in [2.24, 2.45) is 0 Å². The highest BCUT2D eigenvalue weighted by molar-refractivity contribution is 5.37. The monoisotopic (exact) mass is 271 g/mol. The third-order valence-electron chi connectivity index (χ3n) is 2.96. The van der Waals surface area contributed by atoms with Crippen molar-refractivity contribution in [1.82, 2.24) is 4.57 Å². The van der Waals surface area contributed by atoms with Gasteiger partial charge in [-0.25, -0.2) is 4.39 Å². The molecule has 0 amide bonds. The van der Waals surface area contributed by atoms with Crippen molar-refractivity contribution in [2.75, 3.05) is 6.61 Å². The quantitative estimate of drug-likeness (QED) is 0.845. The van der Waals surface area contributed by atoms with Crippen LogP contribution in [0.5, 0.6) is 0 Å². The van der Waals surface area contributed by atoms with Gasteiger partial charge in [0, 0.05) is 22.9 Å². The molecule has 1 heterocycles. The molecule has 0 radical (unpaired) electrons. The molecule has 4 heteroatoms. The highest BCUT2D eigenvalue weighted by Gasteiger charge is 2.06. The van der Waals surface area contributed by atoms with Crippen LogP contribution >= 0.6 is 0 Å². The zero-order valence-electron chi connectivity index (χ0n) is 11.1. The second-order valence-electron chi connectivity index (χ2n) is 4.36. The van der Waals surface area contributed by atoms with Gasteiger partial charge in [-0.05, 0) is 25.1 Å². The van der Waals surface area contributed by atoms with E-state index in [0.29, 0.717) is 11.1 Å². The Bertz CT molecular complexity index is 738. The van der Waals surface area contributed by atoms with E-state index < -0.39 is 5.82 Å². The minimum atomic E-state index is -0.412.